The number of benzene rings is 2. The van der Waals surface area contributed by atoms with Crippen LogP contribution in [0.4, 0.5) is 0 Å². The van der Waals surface area contributed by atoms with Crippen molar-refractivity contribution in [3.05, 3.63) is 71.4 Å². The topological polar surface area (TPSA) is 25.2 Å². The summed E-state index contributed by atoms with van der Waals surface area (Å²) in [5.41, 5.74) is 5.30. The van der Waals surface area contributed by atoms with Crippen molar-refractivity contribution in [2.45, 2.75) is 33.4 Å². The van der Waals surface area contributed by atoms with E-state index >= 15 is 0 Å². The van der Waals surface area contributed by atoms with Crippen molar-refractivity contribution in [2.75, 3.05) is 6.54 Å². The Bertz CT molecular complexity index is 908. The lowest BCUT2D eigenvalue weighted by Crippen LogP contribution is -2.38. The standard InChI is InChI=1S/C22H24N2O/c1-16(2)22(25)23-13-12-21-19(15-23)18-10-6-7-11-20(18)24(21)14-17-8-4-3-5-9-17/h3-11,16H,12-15H2,1-2H3. The molecule has 0 spiro atoms. The maximum Gasteiger partial charge on any atom is 0.225 e. The molecule has 0 aliphatic carbocycles. The highest BCUT2D eigenvalue weighted by molar-refractivity contribution is 5.87. The summed E-state index contributed by atoms with van der Waals surface area (Å²) in [5.74, 6) is 0.310. The van der Waals surface area contributed by atoms with Crippen LogP contribution in [0.25, 0.3) is 10.9 Å². The van der Waals surface area contributed by atoms with Gasteiger partial charge in [-0.05, 0) is 11.6 Å². The van der Waals surface area contributed by atoms with Gasteiger partial charge in [0.1, 0.15) is 0 Å². The van der Waals surface area contributed by atoms with Crippen molar-refractivity contribution in [2.24, 2.45) is 5.92 Å². The van der Waals surface area contributed by atoms with Crippen LogP contribution in [-0.2, 0) is 24.3 Å². The molecule has 0 saturated heterocycles. The molecule has 0 saturated carbocycles. The van der Waals surface area contributed by atoms with Crippen molar-refractivity contribution in [1.29, 1.82) is 0 Å². The molecule has 1 amide bonds. The van der Waals surface area contributed by atoms with Gasteiger partial charge in [0.2, 0.25) is 5.91 Å². The normalized spacial score (nSPS) is 14.1. The zero-order chi connectivity index (χ0) is 17.4. The molecule has 4 rings (SSSR count). The smallest absolute Gasteiger partial charge is 0.225 e. The quantitative estimate of drug-likeness (QED) is 0.704. The molecule has 3 heteroatoms. The number of fused-ring (bicyclic) bond motifs is 3. The predicted octanol–water partition coefficient (Wildman–Crippen LogP) is 4.23. The maximum atomic E-state index is 12.5. The first-order valence-electron chi connectivity index (χ1n) is 9.07. The highest BCUT2D eigenvalue weighted by Crippen LogP contribution is 2.32. The second-order valence-corrected chi connectivity index (χ2v) is 7.18. The van der Waals surface area contributed by atoms with Crippen LogP contribution in [0.15, 0.2) is 54.6 Å². The number of aromatic nitrogens is 1. The number of carbonyl (C=O) groups is 1. The van der Waals surface area contributed by atoms with Crippen LogP contribution in [-0.4, -0.2) is 21.9 Å². The van der Waals surface area contributed by atoms with Crippen LogP contribution < -0.4 is 0 Å². The number of rotatable bonds is 3. The van der Waals surface area contributed by atoms with Crippen LogP contribution in [0.3, 0.4) is 0 Å². The molecule has 0 radical (unpaired) electrons. The third kappa shape index (κ3) is 2.84. The van der Waals surface area contributed by atoms with E-state index in [2.05, 4.69) is 59.2 Å². The summed E-state index contributed by atoms with van der Waals surface area (Å²) in [4.78, 5) is 14.5. The molecule has 1 aromatic heterocycles. The fourth-order valence-electron chi connectivity index (χ4n) is 3.90. The molecule has 3 nitrogen and oxygen atoms in total. The molecule has 0 fully saturated rings. The molecule has 0 bridgehead atoms. The third-order valence-corrected chi connectivity index (χ3v) is 5.15. The average Bonchev–Trinajstić information content (AvgIpc) is 2.95. The summed E-state index contributed by atoms with van der Waals surface area (Å²) < 4.78 is 2.44. The summed E-state index contributed by atoms with van der Waals surface area (Å²) in [5, 5.41) is 1.29. The van der Waals surface area contributed by atoms with Gasteiger partial charge in [0.05, 0.1) is 0 Å². The Morgan fingerprint density at radius 2 is 1.76 bits per heavy atom. The molecule has 1 aliphatic heterocycles. The molecular formula is C22H24N2O. The van der Waals surface area contributed by atoms with E-state index in [4.69, 9.17) is 0 Å². The van der Waals surface area contributed by atoms with E-state index in [9.17, 15) is 4.79 Å². The maximum absolute atomic E-state index is 12.5. The lowest BCUT2D eigenvalue weighted by molar-refractivity contribution is -0.135. The second-order valence-electron chi connectivity index (χ2n) is 7.18. The van der Waals surface area contributed by atoms with Gasteiger partial charge in [-0.1, -0.05) is 62.4 Å². The molecule has 2 heterocycles. The Labute approximate surface area is 148 Å². The third-order valence-electron chi connectivity index (χ3n) is 5.15. The van der Waals surface area contributed by atoms with Crippen LogP contribution >= 0.6 is 0 Å². The molecule has 3 aromatic rings. The summed E-state index contributed by atoms with van der Waals surface area (Å²) >= 11 is 0. The van der Waals surface area contributed by atoms with E-state index in [1.54, 1.807) is 0 Å². The van der Waals surface area contributed by atoms with E-state index in [0.717, 1.165) is 26.1 Å². The van der Waals surface area contributed by atoms with E-state index in [-0.39, 0.29) is 11.8 Å². The van der Waals surface area contributed by atoms with Crippen molar-refractivity contribution >= 4 is 16.8 Å². The van der Waals surface area contributed by atoms with Crippen LogP contribution in [0.2, 0.25) is 0 Å². The lowest BCUT2D eigenvalue weighted by atomic mass is 10.0. The average molecular weight is 332 g/mol. The molecule has 25 heavy (non-hydrogen) atoms. The molecule has 0 unspecified atom stereocenters. The lowest BCUT2D eigenvalue weighted by Gasteiger charge is -2.29. The van der Waals surface area contributed by atoms with E-state index in [1.807, 2.05) is 18.7 Å². The number of para-hydroxylation sites is 1. The fraction of sp³-hybridized carbons (Fsp3) is 0.318. The molecule has 2 aromatic carbocycles. The van der Waals surface area contributed by atoms with Gasteiger partial charge in [0.15, 0.2) is 0 Å². The minimum atomic E-state index is 0.0548. The van der Waals surface area contributed by atoms with Gasteiger partial charge in [-0.25, -0.2) is 0 Å². The highest BCUT2D eigenvalue weighted by atomic mass is 16.2. The van der Waals surface area contributed by atoms with Crippen LogP contribution in [0.5, 0.6) is 0 Å². The summed E-state index contributed by atoms with van der Waals surface area (Å²) in [6.07, 6.45) is 0.926. The summed E-state index contributed by atoms with van der Waals surface area (Å²) in [7, 11) is 0. The zero-order valence-electron chi connectivity index (χ0n) is 14.9. The molecule has 128 valence electrons. The highest BCUT2D eigenvalue weighted by Gasteiger charge is 2.27. The predicted molar refractivity (Wildman–Crippen MR) is 101 cm³/mol. The van der Waals surface area contributed by atoms with Gasteiger partial charge in [-0.3, -0.25) is 4.79 Å². The molecule has 0 N–H and O–H groups in total. The fourth-order valence-corrected chi connectivity index (χ4v) is 3.90. The van der Waals surface area contributed by atoms with Gasteiger partial charge in [-0.15, -0.1) is 0 Å². The molecular weight excluding hydrogens is 308 g/mol. The summed E-state index contributed by atoms with van der Waals surface area (Å²) in [6.45, 7) is 6.39. The Balaban J connectivity index is 1.78. The SMILES string of the molecule is CC(C)C(=O)N1CCc2c(c3ccccc3n2Cc2ccccc2)C1. The van der Waals surface area contributed by atoms with Gasteiger partial charge in [0, 0.05) is 54.1 Å². The van der Waals surface area contributed by atoms with E-state index in [1.165, 1.54) is 27.7 Å². The van der Waals surface area contributed by atoms with E-state index in [0.29, 0.717) is 0 Å². The number of carbonyl (C=O) groups excluding carboxylic acids is 1. The van der Waals surface area contributed by atoms with E-state index < -0.39 is 0 Å². The minimum Gasteiger partial charge on any atom is -0.340 e. The minimum absolute atomic E-state index is 0.0548. The number of hydrogen-bond donors (Lipinski definition) is 0. The Kier molecular flexibility index (Phi) is 4.08. The Morgan fingerprint density at radius 3 is 2.52 bits per heavy atom. The van der Waals surface area contributed by atoms with Crippen molar-refractivity contribution in [3.8, 4) is 0 Å². The van der Waals surface area contributed by atoms with Crippen molar-refractivity contribution in [1.82, 2.24) is 9.47 Å². The first-order valence-corrected chi connectivity index (χ1v) is 9.07. The van der Waals surface area contributed by atoms with Gasteiger partial charge < -0.3 is 9.47 Å². The monoisotopic (exact) mass is 332 g/mol. The van der Waals surface area contributed by atoms with Crippen molar-refractivity contribution < 1.29 is 4.79 Å². The second kappa shape index (κ2) is 6.40. The zero-order valence-corrected chi connectivity index (χ0v) is 14.9. The number of hydrogen-bond acceptors (Lipinski definition) is 1. The largest absolute Gasteiger partial charge is 0.340 e. The number of nitrogens with zero attached hydrogens (tertiary/aromatic N) is 2. The number of amides is 1. The van der Waals surface area contributed by atoms with Gasteiger partial charge in [0.25, 0.3) is 0 Å². The van der Waals surface area contributed by atoms with Gasteiger partial charge in [-0.2, -0.15) is 0 Å². The van der Waals surface area contributed by atoms with Crippen LogP contribution in [0, 0.1) is 5.92 Å². The summed E-state index contributed by atoms with van der Waals surface area (Å²) in [6, 6.07) is 19.2. The van der Waals surface area contributed by atoms with Crippen molar-refractivity contribution in [3.63, 3.8) is 0 Å². The first kappa shape index (κ1) is 15.9. The molecule has 1 aliphatic rings. The molecule has 0 atom stereocenters. The Hall–Kier alpha value is -2.55. The van der Waals surface area contributed by atoms with Crippen LogP contribution in [0.1, 0.15) is 30.7 Å². The first-order chi connectivity index (χ1) is 12.1. The Morgan fingerprint density at radius 1 is 1.04 bits per heavy atom. The van der Waals surface area contributed by atoms with Gasteiger partial charge >= 0.3 is 0 Å².